The molecule has 0 amide bonds. The van der Waals surface area contributed by atoms with Crippen LogP contribution in [0.25, 0.3) is 6.08 Å². The molecule has 0 bridgehead atoms. The molecule has 0 aliphatic rings. The second-order valence-electron chi connectivity index (χ2n) is 3.12. The van der Waals surface area contributed by atoms with Crippen LogP contribution in [0, 0.1) is 13.8 Å². The maximum Gasteiger partial charge on any atom is -0.0201 e. The van der Waals surface area contributed by atoms with Gasteiger partial charge in [0.1, 0.15) is 0 Å². The van der Waals surface area contributed by atoms with E-state index in [4.69, 9.17) is 0 Å². The van der Waals surface area contributed by atoms with E-state index < -0.39 is 0 Å². The second-order valence-corrected chi connectivity index (χ2v) is 3.12. The van der Waals surface area contributed by atoms with Gasteiger partial charge in [0.05, 0.1) is 0 Å². The summed E-state index contributed by atoms with van der Waals surface area (Å²) in [5.41, 5.74) is 4.10. The monoisotopic (exact) mass is 160 g/mol. The van der Waals surface area contributed by atoms with Gasteiger partial charge in [-0.05, 0) is 37.0 Å². The number of aryl methyl sites for hydroxylation is 2. The van der Waals surface area contributed by atoms with Gasteiger partial charge < -0.3 is 0 Å². The van der Waals surface area contributed by atoms with E-state index in [1.807, 2.05) is 0 Å². The zero-order valence-corrected chi connectivity index (χ0v) is 8.09. The van der Waals surface area contributed by atoms with Gasteiger partial charge in [-0.15, -0.1) is 0 Å². The van der Waals surface area contributed by atoms with Crippen LogP contribution in [0.5, 0.6) is 0 Å². The van der Waals surface area contributed by atoms with Crippen LogP contribution in [0.4, 0.5) is 0 Å². The van der Waals surface area contributed by atoms with Gasteiger partial charge in [0.25, 0.3) is 0 Å². The molecule has 1 aromatic carbocycles. The Balaban J connectivity index is 3.04. The molecule has 1 rings (SSSR count). The summed E-state index contributed by atoms with van der Waals surface area (Å²) in [4.78, 5) is 0. The van der Waals surface area contributed by atoms with Crippen molar-refractivity contribution in [2.45, 2.75) is 27.2 Å². The van der Waals surface area contributed by atoms with Gasteiger partial charge in [0.2, 0.25) is 0 Å². The summed E-state index contributed by atoms with van der Waals surface area (Å²) < 4.78 is 0. The van der Waals surface area contributed by atoms with Crippen molar-refractivity contribution in [3.63, 3.8) is 0 Å². The van der Waals surface area contributed by atoms with Gasteiger partial charge >= 0.3 is 0 Å². The number of benzene rings is 1. The molecule has 0 aromatic heterocycles. The Kier molecular flexibility index (Phi) is 3.09. The number of allylic oxidation sites excluding steroid dienone is 1. The molecule has 0 radical (unpaired) electrons. The summed E-state index contributed by atoms with van der Waals surface area (Å²) >= 11 is 0. The SMILES string of the molecule is CCC=Cc1c(C)cccc1C. The number of rotatable bonds is 2. The van der Waals surface area contributed by atoms with E-state index >= 15 is 0 Å². The van der Waals surface area contributed by atoms with Gasteiger partial charge in [-0.1, -0.05) is 37.3 Å². The van der Waals surface area contributed by atoms with E-state index in [0.717, 1.165) is 6.42 Å². The Bertz CT molecular complexity index is 262. The van der Waals surface area contributed by atoms with Crippen LogP contribution in [-0.2, 0) is 0 Å². The van der Waals surface area contributed by atoms with Crippen molar-refractivity contribution < 1.29 is 0 Å². The van der Waals surface area contributed by atoms with E-state index in [0.29, 0.717) is 0 Å². The molecule has 0 saturated heterocycles. The van der Waals surface area contributed by atoms with Crippen LogP contribution >= 0.6 is 0 Å². The average molecular weight is 160 g/mol. The molecule has 0 N–H and O–H groups in total. The van der Waals surface area contributed by atoms with Crippen molar-refractivity contribution >= 4 is 6.08 Å². The van der Waals surface area contributed by atoms with Gasteiger partial charge in [0.15, 0.2) is 0 Å². The summed E-state index contributed by atoms with van der Waals surface area (Å²) in [5.74, 6) is 0. The lowest BCUT2D eigenvalue weighted by molar-refractivity contribution is 1.23. The van der Waals surface area contributed by atoms with E-state index in [2.05, 4.69) is 51.1 Å². The molecule has 0 saturated carbocycles. The Morgan fingerprint density at radius 1 is 1.17 bits per heavy atom. The highest BCUT2D eigenvalue weighted by Crippen LogP contribution is 2.14. The highest BCUT2D eigenvalue weighted by atomic mass is 14.0. The van der Waals surface area contributed by atoms with Gasteiger partial charge in [0, 0.05) is 0 Å². The standard InChI is InChI=1S/C12H16/c1-4-5-9-12-10(2)7-6-8-11(12)3/h5-9H,4H2,1-3H3. The van der Waals surface area contributed by atoms with Crippen LogP contribution in [0.3, 0.4) is 0 Å². The molecule has 0 aliphatic heterocycles. The highest BCUT2D eigenvalue weighted by Gasteiger charge is 1.95. The minimum Gasteiger partial charge on any atom is -0.0842 e. The Morgan fingerprint density at radius 3 is 2.25 bits per heavy atom. The predicted octanol–water partition coefficient (Wildman–Crippen LogP) is 3.73. The summed E-state index contributed by atoms with van der Waals surface area (Å²) in [5, 5.41) is 0. The van der Waals surface area contributed by atoms with Gasteiger partial charge in [-0.25, -0.2) is 0 Å². The third-order valence-electron chi connectivity index (χ3n) is 2.06. The van der Waals surface area contributed by atoms with Gasteiger partial charge in [-0.2, -0.15) is 0 Å². The lowest BCUT2D eigenvalue weighted by Gasteiger charge is -2.03. The van der Waals surface area contributed by atoms with Crippen LogP contribution in [0.15, 0.2) is 24.3 Å². The van der Waals surface area contributed by atoms with Gasteiger partial charge in [-0.3, -0.25) is 0 Å². The van der Waals surface area contributed by atoms with Crippen molar-refractivity contribution in [3.05, 3.63) is 41.0 Å². The molecule has 64 valence electrons. The summed E-state index contributed by atoms with van der Waals surface area (Å²) in [7, 11) is 0. The van der Waals surface area contributed by atoms with Crippen molar-refractivity contribution in [1.29, 1.82) is 0 Å². The first kappa shape index (κ1) is 9.05. The molecule has 0 aliphatic carbocycles. The number of hydrogen-bond donors (Lipinski definition) is 0. The van der Waals surface area contributed by atoms with Crippen LogP contribution < -0.4 is 0 Å². The van der Waals surface area contributed by atoms with E-state index in [9.17, 15) is 0 Å². The zero-order valence-electron chi connectivity index (χ0n) is 8.09. The minimum atomic E-state index is 1.10. The van der Waals surface area contributed by atoms with Crippen LogP contribution in [0.2, 0.25) is 0 Å². The maximum absolute atomic E-state index is 2.21. The Hall–Kier alpha value is -1.04. The molecule has 0 spiro atoms. The van der Waals surface area contributed by atoms with E-state index in [1.54, 1.807) is 0 Å². The van der Waals surface area contributed by atoms with Crippen molar-refractivity contribution in [2.75, 3.05) is 0 Å². The highest BCUT2D eigenvalue weighted by molar-refractivity contribution is 5.57. The molecule has 0 fully saturated rings. The molecular formula is C12H16. The summed E-state index contributed by atoms with van der Waals surface area (Å²) in [6, 6.07) is 6.42. The number of hydrogen-bond acceptors (Lipinski definition) is 0. The fraction of sp³-hybridized carbons (Fsp3) is 0.333. The predicted molar refractivity (Wildman–Crippen MR) is 55.2 cm³/mol. The largest absolute Gasteiger partial charge is 0.0842 e. The topological polar surface area (TPSA) is 0 Å². The summed E-state index contributed by atoms with van der Waals surface area (Å²) in [6.07, 6.45) is 5.52. The van der Waals surface area contributed by atoms with Crippen LogP contribution in [0.1, 0.15) is 30.0 Å². The Labute approximate surface area is 74.9 Å². The smallest absolute Gasteiger partial charge is 0.0201 e. The molecule has 0 nitrogen and oxygen atoms in total. The van der Waals surface area contributed by atoms with Crippen molar-refractivity contribution in [2.24, 2.45) is 0 Å². The normalized spacial score (nSPS) is 10.9. The van der Waals surface area contributed by atoms with Crippen molar-refractivity contribution in [3.8, 4) is 0 Å². The quantitative estimate of drug-likeness (QED) is 0.618. The first-order chi connectivity index (χ1) is 5.75. The molecule has 0 atom stereocenters. The zero-order chi connectivity index (χ0) is 8.97. The molecule has 0 heterocycles. The third-order valence-corrected chi connectivity index (χ3v) is 2.06. The fourth-order valence-electron chi connectivity index (χ4n) is 1.33. The van der Waals surface area contributed by atoms with E-state index in [-0.39, 0.29) is 0 Å². The van der Waals surface area contributed by atoms with E-state index in [1.165, 1.54) is 16.7 Å². The van der Waals surface area contributed by atoms with Crippen LogP contribution in [-0.4, -0.2) is 0 Å². The first-order valence-corrected chi connectivity index (χ1v) is 4.48. The molecule has 0 unspecified atom stereocenters. The Morgan fingerprint density at radius 2 is 1.75 bits per heavy atom. The lowest BCUT2D eigenvalue weighted by Crippen LogP contribution is -1.84. The molecule has 12 heavy (non-hydrogen) atoms. The molecule has 0 heteroatoms. The second kappa shape index (κ2) is 4.10. The third kappa shape index (κ3) is 1.97. The van der Waals surface area contributed by atoms with Crippen molar-refractivity contribution in [1.82, 2.24) is 0 Å². The summed E-state index contributed by atoms with van der Waals surface area (Å²) in [6.45, 7) is 6.47. The first-order valence-electron chi connectivity index (χ1n) is 4.48. The minimum absolute atomic E-state index is 1.10. The lowest BCUT2D eigenvalue weighted by atomic mass is 10.0. The maximum atomic E-state index is 2.21. The average Bonchev–Trinajstić information content (AvgIpc) is 2.04. The fourth-order valence-corrected chi connectivity index (χ4v) is 1.33. The molecular weight excluding hydrogens is 144 g/mol. The molecule has 1 aromatic rings.